The van der Waals surface area contributed by atoms with Crippen LogP contribution in [-0.2, 0) is 9.59 Å². The first-order valence-corrected chi connectivity index (χ1v) is 14.6. The molecule has 0 unspecified atom stereocenters. The molecule has 0 saturated carbocycles. The minimum absolute atomic E-state index is 0. The standard InChI is InChI=1S/C18H34O2.C12H24O2.K/c1-2-3-4-5-6-7-8-9-10-11-12-13-14-15-16-17-18(19)20;1-2-3-4-5-6-7-8-9-10-11-12(13)14;/h9-10H,2-8,11-17H2,1H3,(H,19,20);2-11H2,1H3,(H,13,14);/q;;+1/p-1. The molecule has 0 aromatic rings. The molecule has 0 atom stereocenters. The van der Waals surface area contributed by atoms with E-state index in [4.69, 9.17) is 5.11 Å². The van der Waals surface area contributed by atoms with Gasteiger partial charge in [0.2, 0.25) is 0 Å². The van der Waals surface area contributed by atoms with Gasteiger partial charge in [0.15, 0.2) is 0 Å². The molecule has 0 saturated heterocycles. The summed E-state index contributed by atoms with van der Waals surface area (Å²) >= 11 is 0. The van der Waals surface area contributed by atoms with Gasteiger partial charge < -0.3 is 15.0 Å². The Labute approximate surface area is 260 Å². The van der Waals surface area contributed by atoms with Gasteiger partial charge in [0.25, 0.3) is 0 Å². The third kappa shape index (κ3) is 44.7. The van der Waals surface area contributed by atoms with E-state index in [2.05, 4.69) is 26.0 Å². The molecular formula is C30H57KO4. The molecule has 0 rings (SSSR count). The van der Waals surface area contributed by atoms with Crippen LogP contribution in [0.15, 0.2) is 12.2 Å². The van der Waals surface area contributed by atoms with Gasteiger partial charge >= 0.3 is 57.4 Å². The zero-order valence-corrected chi connectivity index (χ0v) is 26.9. The largest absolute Gasteiger partial charge is 1.00 e. The van der Waals surface area contributed by atoms with Crippen LogP contribution in [0.25, 0.3) is 0 Å². The van der Waals surface area contributed by atoms with E-state index in [0.717, 1.165) is 25.7 Å². The summed E-state index contributed by atoms with van der Waals surface area (Å²) in [6, 6.07) is 0. The van der Waals surface area contributed by atoms with Crippen molar-refractivity contribution < 1.29 is 71.2 Å². The van der Waals surface area contributed by atoms with Crippen LogP contribution in [0.5, 0.6) is 0 Å². The van der Waals surface area contributed by atoms with Gasteiger partial charge in [-0.05, 0) is 44.9 Å². The Bertz CT molecular complexity index is 452. The maximum absolute atomic E-state index is 10.3. The topological polar surface area (TPSA) is 77.4 Å². The van der Waals surface area contributed by atoms with E-state index in [9.17, 15) is 14.7 Å². The van der Waals surface area contributed by atoms with Crippen LogP contribution < -0.4 is 56.5 Å². The maximum Gasteiger partial charge on any atom is 1.00 e. The molecule has 0 aliphatic heterocycles. The summed E-state index contributed by atoms with van der Waals surface area (Å²) < 4.78 is 0. The fourth-order valence-electron chi connectivity index (χ4n) is 3.93. The quantitative estimate of drug-likeness (QED) is 0.0942. The van der Waals surface area contributed by atoms with Crippen molar-refractivity contribution >= 4 is 11.9 Å². The van der Waals surface area contributed by atoms with E-state index in [1.54, 1.807) is 0 Å². The molecule has 0 aromatic carbocycles. The average Bonchev–Trinajstić information content (AvgIpc) is 2.80. The first-order chi connectivity index (χ1) is 16.5. The van der Waals surface area contributed by atoms with E-state index < -0.39 is 11.9 Å². The number of carboxylic acid groups (broad SMARTS) is 2. The summed E-state index contributed by atoms with van der Waals surface area (Å²) in [5, 5.41) is 18.6. The van der Waals surface area contributed by atoms with Gasteiger partial charge in [0, 0.05) is 12.4 Å². The number of carbonyl (C=O) groups is 2. The molecule has 0 aliphatic rings. The van der Waals surface area contributed by atoms with Crippen molar-refractivity contribution in [1.82, 2.24) is 0 Å². The fraction of sp³-hybridized carbons (Fsp3) is 0.867. The Balaban J connectivity index is -0.000000603. The van der Waals surface area contributed by atoms with Crippen molar-refractivity contribution in [3.8, 4) is 0 Å². The number of carboxylic acids is 2. The molecule has 0 heterocycles. The second-order valence-electron chi connectivity index (χ2n) is 9.68. The number of hydrogen-bond donors (Lipinski definition) is 1. The van der Waals surface area contributed by atoms with E-state index >= 15 is 0 Å². The number of aliphatic carboxylic acids is 2. The fourth-order valence-corrected chi connectivity index (χ4v) is 3.93. The molecular weight excluding hydrogens is 463 g/mol. The molecule has 0 aromatic heterocycles. The Morgan fingerprint density at radius 3 is 1.20 bits per heavy atom. The monoisotopic (exact) mass is 520 g/mol. The van der Waals surface area contributed by atoms with Gasteiger partial charge in [0.1, 0.15) is 0 Å². The number of unbranched alkanes of at least 4 members (excludes halogenated alkanes) is 19. The predicted molar refractivity (Wildman–Crippen MR) is 144 cm³/mol. The molecule has 5 heteroatoms. The van der Waals surface area contributed by atoms with E-state index in [1.165, 1.54) is 116 Å². The van der Waals surface area contributed by atoms with Crippen molar-refractivity contribution in [2.75, 3.05) is 0 Å². The van der Waals surface area contributed by atoms with Crippen LogP contribution in [0.3, 0.4) is 0 Å². The molecule has 0 radical (unpaired) electrons. The number of hydrogen-bond acceptors (Lipinski definition) is 3. The zero-order valence-electron chi connectivity index (χ0n) is 23.8. The first-order valence-electron chi connectivity index (χ1n) is 14.6. The van der Waals surface area contributed by atoms with E-state index in [-0.39, 0.29) is 57.8 Å². The summed E-state index contributed by atoms with van der Waals surface area (Å²) in [7, 11) is 0. The van der Waals surface area contributed by atoms with Crippen molar-refractivity contribution in [1.29, 1.82) is 0 Å². The molecule has 0 bridgehead atoms. The van der Waals surface area contributed by atoms with E-state index in [1.807, 2.05) is 0 Å². The van der Waals surface area contributed by atoms with Gasteiger partial charge in [0.05, 0.1) is 0 Å². The Morgan fingerprint density at radius 2 is 0.857 bits per heavy atom. The van der Waals surface area contributed by atoms with Crippen LogP contribution in [0, 0.1) is 0 Å². The third-order valence-corrected chi connectivity index (χ3v) is 6.14. The number of allylic oxidation sites excluding steroid dienone is 2. The summed E-state index contributed by atoms with van der Waals surface area (Å²) in [5.41, 5.74) is 0. The minimum atomic E-state index is -0.909. The van der Waals surface area contributed by atoms with Gasteiger partial charge in [-0.2, -0.15) is 0 Å². The normalized spacial score (nSPS) is 10.6. The molecule has 1 N–H and O–H groups in total. The molecule has 0 fully saturated rings. The van der Waals surface area contributed by atoms with Gasteiger partial charge in [-0.3, -0.25) is 4.79 Å². The van der Waals surface area contributed by atoms with Crippen LogP contribution in [0.2, 0.25) is 0 Å². The van der Waals surface area contributed by atoms with Crippen LogP contribution in [-0.4, -0.2) is 17.0 Å². The Kier molecular flexibility index (Phi) is 41.5. The van der Waals surface area contributed by atoms with E-state index in [0.29, 0.717) is 6.42 Å². The molecule has 0 amide bonds. The molecule has 4 nitrogen and oxygen atoms in total. The maximum atomic E-state index is 10.3. The van der Waals surface area contributed by atoms with Crippen molar-refractivity contribution in [3.63, 3.8) is 0 Å². The average molecular weight is 521 g/mol. The van der Waals surface area contributed by atoms with Crippen molar-refractivity contribution in [3.05, 3.63) is 12.2 Å². The zero-order chi connectivity index (χ0) is 25.5. The predicted octanol–water partition coefficient (Wildman–Crippen LogP) is 5.77. The summed E-state index contributed by atoms with van der Waals surface area (Å²) in [4.78, 5) is 20.4. The summed E-state index contributed by atoms with van der Waals surface area (Å²) in [6.45, 7) is 4.48. The number of rotatable bonds is 25. The van der Waals surface area contributed by atoms with Gasteiger partial charge in [-0.25, -0.2) is 0 Å². The second kappa shape index (κ2) is 36.5. The Morgan fingerprint density at radius 1 is 0.543 bits per heavy atom. The smallest absolute Gasteiger partial charge is 0.550 e. The molecule has 0 aliphatic carbocycles. The second-order valence-corrected chi connectivity index (χ2v) is 9.68. The van der Waals surface area contributed by atoms with Crippen LogP contribution in [0.4, 0.5) is 0 Å². The first kappa shape index (κ1) is 39.8. The van der Waals surface area contributed by atoms with Crippen molar-refractivity contribution in [2.45, 2.75) is 168 Å². The van der Waals surface area contributed by atoms with Gasteiger partial charge in [-0.1, -0.05) is 129 Å². The molecule has 202 valence electrons. The SMILES string of the molecule is CCCCCCCCC=CCCCCCCCC(=O)O.CCCCCCCCCCCC(=O)[O-].[K+]. The Hall–Kier alpha value is 0.316. The summed E-state index contributed by atoms with van der Waals surface area (Å²) in [6.07, 6.45) is 32.4. The third-order valence-electron chi connectivity index (χ3n) is 6.14. The molecule has 0 spiro atoms. The van der Waals surface area contributed by atoms with Crippen LogP contribution in [0.1, 0.15) is 168 Å². The van der Waals surface area contributed by atoms with Gasteiger partial charge in [-0.15, -0.1) is 0 Å². The summed E-state index contributed by atoms with van der Waals surface area (Å²) in [5.74, 6) is -1.57. The molecule has 35 heavy (non-hydrogen) atoms. The minimum Gasteiger partial charge on any atom is -0.550 e. The van der Waals surface area contributed by atoms with Crippen molar-refractivity contribution in [2.24, 2.45) is 0 Å². The van der Waals surface area contributed by atoms with Crippen LogP contribution >= 0.6 is 0 Å². The number of carbonyl (C=O) groups excluding carboxylic acids is 1.